The second kappa shape index (κ2) is 6.58. The van der Waals surface area contributed by atoms with E-state index in [1.54, 1.807) is 14.2 Å². The van der Waals surface area contributed by atoms with E-state index in [9.17, 15) is 14.7 Å². The number of hydrogen-bond acceptors (Lipinski definition) is 4. The first-order valence-electron chi connectivity index (χ1n) is 8.72. The fraction of sp³-hybridized carbons (Fsp3) is 0.579. The number of carbonyl (C=O) groups is 2. The van der Waals surface area contributed by atoms with Crippen molar-refractivity contribution >= 4 is 11.9 Å². The van der Waals surface area contributed by atoms with E-state index in [1.165, 1.54) is 0 Å². The lowest BCUT2D eigenvalue weighted by Crippen LogP contribution is -2.45. The number of carboxylic acids is 1. The van der Waals surface area contributed by atoms with Gasteiger partial charge in [0.2, 0.25) is 5.91 Å². The molecule has 136 valence electrons. The lowest BCUT2D eigenvalue weighted by atomic mass is 9.77. The van der Waals surface area contributed by atoms with Crippen molar-refractivity contribution in [2.24, 2.45) is 5.41 Å². The summed E-state index contributed by atoms with van der Waals surface area (Å²) in [4.78, 5) is 24.4. The van der Waals surface area contributed by atoms with Gasteiger partial charge in [-0.15, -0.1) is 0 Å². The minimum Gasteiger partial charge on any atom is -0.493 e. The Labute approximate surface area is 147 Å². The summed E-state index contributed by atoms with van der Waals surface area (Å²) in [5, 5.41) is 12.2. The first-order chi connectivity index (χ1) is 12.0. The van der Waals surface area contributed by atoms with E-state index in [0.717, 1.165) is 31.2 Å². The number of methoxy groups -OCH3 is 2. The quantitative estimate of drug-likeness (QED) is 0.792. The van der Waals surface area contributed by atoms with Crippen molar-refractivity contribution < 1.29 is 24.2 Å². The summed E-state index contributed by atoms with van der Waals surface area (Å²) in [6.07, 6.45) is 4.73. The smallest absolute Gasteiger partial charge is 0.311 e. The van der Waals surface area contributed by atoms with Gasteiger partial charge in [-0.05, 0) is 43.4 Å². The Morgan fingerprint density at radius 1 is 1.08 bits per heavy atom. The number of amides is 1. The molecule has 1 amide bonds. The predicted octanol–water partition coefficient (Wildman–Crippen LogP) is 2.50. The Morgan fingerprint density at radius 2 is 1.72 bits per heavy atom. The Morgan fingerprint density at radius 3 is 2.24 bits per heavy atom. The number of ether oxygens (including phenoxy) is 2. The molecule has 0 heterocycles. The Balaban J connectivity index is 1.84. The number of nitrogens with one attached hydrogen (secondary N) is 1. The lowest BCUT2D eigenvalue weighted by Gasteiger charge is -2.29. The molecule has 0 aliphatic heterocycles. The second-order valence-corrected chi connectivity index (χ2v) is 7.13. The maximum absolute atomic E-state index is 13.0. The van der Waals surface area contributed by atoms with Crippen molar-refractivity contribution in [1.82, 2.24) is 5.32 Å². The number of benzene rings is 1. The van der Waals surface area contributed by atoms with Crippen LogP contribution in [0.3, 0.4) is 0 Å². The predicted molar refractivity (Wildman–Crippen MR) is 92.0 cm³/mol. The maximum Gasteiger partial charge on any atom is 0.311 e. The third-order valence-electron chi connectivity index (χ3n) is 5.72. The van der Waals surface area contributed by atoms with Gasteiger partial charge >= 0.3 is 5.97 Å². The van der Waals surface area contributed by atoms with E-state index < -0.39 is 16.8 Å². The number of aliphatic carboxylic acids is 1. The molecule has 25 heavy (non-hydrogen) atoms. The molecule has 0 radical (unpaired) electrons. The molecule has 2 fully saturated rings. The molecule has 0 bridgehead atoms. The van der Waals surface area contributed by atoms with E-state index in [1.807, 2.05) is 18.2 Å². The summed E-state index contributed by atoms with van der Waals surface area (Å²) >= 11 is 0. The third-order valence-corrected chi connectivity index (χ3v) is 5.72. The van der Waals surface area contributed by atoms with Crippen molar-refractivity contribution in [3.05, 3.63) is 23.8 Å². The number of carbonyl (C=O) groups excluding carboxylic acids is 1. The van der Waals surface area contributed by atoms with Crippen molar-refractivity contribution in [3.63, 3.8) is 0 Å². The third kappa shape index (κ3) is 3.05. The van der Waals surface area contributed by atoms with Crippen molar-refractivity contribution in [1.29, 1.82) is 0 Å². The normalized spacial score (nSPS) is 19.9. The highest BCUT2D eigenvalue weighted by molar-refractivity contribution is 5.89. The molecule has 0 aromatic heterocycles. The first-order valence-corrected chi connectivity index (χ1v) is 8.72. The Hall–Kier alpha value is -2.24. The molecule has 6 nitrogen and oxygen atoms in total. The van der Waals surface area contributed by atoms with Crippen molar-refractivity contribution in [2.45, 2.75) is 43.9 Å². The summed E-state index contributed by atoms with van der Waals surface area (Å²) in [6, 6.07) is 5.60. The van der Waals surface area contributed by atoms with Crippen LogP contribution in [-0.2, 0) is 15.0 Å². The fourth-order valence-corrected chi connectivity index (χ4v) is 3.80. The van der Waals surface area contributed by atoms with Crippen LogP contribution in [0.15, 0.2) is 18.2 Å². The molecular weight excluding hydrogens is 322 g/mol. The van der Waals surface area contributed by atoms with E-state index in [4.69, 9.17) is 9.47 Å². The number of hydrogen-bond donors (Lipinski definition) is 2. The number of rotatable bonds is 7. The highest BCUT2D eigenvalue weighted by Crippen LogP contribution is 2.47. The van der Waals surface area contributed by atoms with Crippen LogP contribution in [0.5, 0.6) is 11.5 Å². The molecule has 6 heteroatoms. The molecule has 1 aromatic rings. The molecular formula is C19H25NO5. The minimum atomic E-state index is -0.820. The molecule has 2 aliphatic carbocycles. The van der Waals surface area contributed by atoms with Crippen molar-refractivity contribution in [2.75, 3.05) is 20.8 Å². The monoisotopic (exact) mass is 347 g/mol. The van der Waals surface area contributed by atoms with Gasteiger partial charge in [0.1, 0.15) is 0 Å². The van der Waals surface area contributed by atoms with Gasteiger partial charge in [-0.25, -0.2) is 0 Å². The van der Waals surface area contributed by atoms with E-state index in [-0.39, 0.29) is 12.5 Å². The lowest BCUT2D eigenvalue weighted by molar-refractivity contribution is -0.143. The van der Waals surface area contributed by atoms with Gasteiger partial charge in [0.15, 0.2) is 11.5 Å². The van der Waals surface area contributed by atoms with E-state index >= 15 is 0 Å². The average Bonchev–Trinajstić information content (AvgIpc) is 3.27. The molecule has 0 spiro atoms. The second-order valence-electron chi connectivity index (χ2n) is 7.13. The van der Waals surface area contributed by atoms with Gasteiger partial charge in [-0.3, -0.25) is 9.59 Å². The summed E-state index contributed by atoms with van der Waals surface area (Å²) in [5.74, 6) is 0.329. The number of carboxylic acid groups (broad SMARTS) is 1. The summed E-state index contributed by atoms with van der Waals surface area (Å²) in [7, 11) is 3.16. The largest absolute Gasteiger partial charge is 0.493 e. The molecule has 2 saturated carbocycles. The van der Waals surface area contributed by atoms with Crippen LogP contribution < -0.4 is 14.8 Å². The van der Waals surface area contributed by atoms with Gasteiger partial charge in [0.25, 0.3) is 0 Å². The van der Waals surface area contributed by atoms with Crippen molar-refractivity contribution in [3.8, 4) is 11.5 Å². The standard InChI is InChI=1S/C19H25NO5/c1-24-14-6-5-13(11-15(14)25-2)19(7-3-4-8-19)16(21)20-12-18(9-10-18)17(22)23/h5-6,11H,3-4,7-10,12H2,1-2H3,(H,20,21)(H,22,23). The van der Waals surface area contributed by atoms with Crippen LogP contribution in [0.2, 0.25) is 0 Å². The zero-order chi connectivity index (χ0) is 18.1. The van der Waals surface area contributed by atoms with Crippen LogP contribution in [0, 0.1) is 5.41 Å². The van der Waals surface area contributed by atoms with Gasteiger partial charge in [-0.2, -0.15) is 0 Å². The Bertz CT molecular complexity index is 674. The van der Waals surface area contributed by atoms with Gasteiger partial charge in [0.05, 0.1) is 25.0 Å². The molecule has 2 N–H and O–H groups in total. The maximum atomic E-state index is 13.0. The van der Waals surface area contributed by atoms with Gasteiger partial charge in [-0.1, -0.05) is 18.9 Å². The molecule has 3 rings (SSSR count). The Kier molecular flexibility index (Phi) is 4.62. The van der Waals surface area contributed by atoms with Crippen LogP contribution in [0.1, 0.15) is 44.1 Å². The average molecular weight is 347 g/mol. The van der Waals surface area contributed by atoms with Crippen LogP contribution in [0.4, 0.5) is 0 Å². The highest BCUT2D eigenvalue weighted by Gasteiger charge is 2.51. The van der Waals surface area contributed by atoms with Crippen LogP contribution in [0.25, 0.3) is 0 Å². The van der Waals surface area contributed by atoms with Crippen LogP contribution in [-0.4, -0.2) is 37.7 Å². The first kappa shape index (κ1) is 17.6. The van der Waals surface area contributed by atoms with E-state index in [0.29, 0.717) is 24.3 Å². The summed E-state index contributed by atoms with van der Waals surface area (Å²) in [5.41, 5.74) is -0.471. The minimum absolute atomic E-state index is 0.0789. The zero-order valence-corrected chi connectivity index (χ0v) is 14.8. The highest BCUT2D eigenvalue weighted by atomic mass is 16.5. The summed E-state index contributed by atoms with van der Waals surface area (Å²) in [6.45, 7) is 0.205. The van der Waals surface area contributed by atoms with Gasteiger partial charge < -0.3 is 19.9 Å². The van der Waals surface area contributed by atoms with Gasteiger partial charge in [0, 0.05) is 6.54 Å². The van der Waals surface area contributed by atoms with E-state index in [2.05, 4.69) is 5.32 Å². The zero-order valence-electron chi connectivity index (χ0n) is 14.8. The molecule has 0 atom stereocenters. The molecule has 2 aliphatic rings. The fourth-order valence-electron chi connectivity index (χ4n) is 3.80. The van der Waals surface area contributed by atoms with Crippen LogP contribution >= 0.6 is 0 Å². The molecule has 1 aromatic carbocycles. The SMILES string of the molecule is COc1ccc(C2(C(=O)NCC3(C(=O)O)CC3)CCCC2)cc1OC. The molecule has 0 saturated heterocycles. The topological polar surface area (TPSA) is 84.9 Å². The molecule has 0 unspecified atom stereocenters. The summed E-state index contributed by atoms with van der Waals surface area (Å²) < 4.78 is 10.7.